The van der Waals surface area contributed by atoms with Crippen molar-refractivity contribution >= 4 is 36.5 Å². The van der Waals surface area contributed by atoms with Crippen LogP contribution < -0.4 is 10.7 Å². The van der Waals surface area contributed by atoms with Crippen LogP contribution in [0.1, 0.15) is 96.8 Å². The Labute approximate surface area is 245 Å². The number of carboxylic acids is 1. The Bertz CT molecular complexity index is 908. The summed E-state index contributed by atoms with van der Waals surface area (Å²) in [5.41, 5.74) is 0. The van der Waals surface area contributed by atoms with Gasteiger partial charge in [0.15, 0.2) is 0 Å². The molecule has 0 aliphatic rings. The molecule has 0 bridgehead atoms. The van der Waals surface area contributed by atoms with Crippen molar-refractivity contribution in [3.63, 3.8) is 0 Å². The molecule has 0 unspecified atom stereocenters. The molecule has 0 aliphatic heterocycles. The number of rotatable bonds is 18. The fraction of sp³-hybridized carbons (Fsp3) is 0.417. The fourth-order valence-corrected chi connectivity index (χ4v) is 12.0. The van der Waals surface area contributed by atoms with Gasteiger partial charge in [-0.15, -0.1) is 0 Å². The molecule has 0 heterocycles. The van der Waals surface area contributed by atoms with Gasteiger partial charge in [0.2, 0.25) is 0 Å². The maximum absolute atomic E-state index is 10.3. The number of hydrogen-bond donors (Lipinski definition) is 1. The van der Waals surface area contributed by atoms with Crippen molar-refractivity contribution < 1.29 is 9.90 Å². The zero-order valence-corrected chi connectivity index (χ0v) is 26.9. The fourth-order valence-electron chi connectivity index (χ4n) is 4.66. The van der Waals surface area contributed by atoms with E-state index >= 15 is 0 Å². The van der Waals surface area contributed by atoms with Crippen molar-refractivity contribution in [2.24, 2.45) is 0 Å². The topological polar surface area (TPSA) is 37.3 Å². The number of hydrogen-bond acceptors (Lipinski definition) is 1. The van der Waals surface area contributed by atoms with Gasteiger partial charge in [0, 0.05) is 6.42 Å². The Kier molecular flexibility index (Phi) is 19.0. The van der Waals surface area contributed by atoms with Gasteiger partial charge in [-0.2, -0.15) is 0 Å². The Hall–Kier alpha value is -2.33. The van der Waals surface area contributed by atoms with Gasteiger partial charge < -0.3 is 5.11 Å². The third-order valence-corrected chi connectivity index (χ3v) is 14.6. The van der Waals surface area contributed by atoms with Gasteiger partial charge in [-0.1, -0.05) is 70.4 Å². The second kappa shape index (κ2) is 22.5. The molecule has 2 nitrogen and oxygen atoms in total. The molecule has 0 aliphatic carbocycles. The van der Waals surface area contributed by atoms with Crippen LogP contribution >= 0.6 is 0 Å². The average molecular weight is 632 g/mol. The first kappa shape index (κ1) is 32.9. The van der Waals surface area contributed by atoms with Crippen LogP contribution in [0.25, 0.3) is 0 Å². The normalized spacial score (nSPS) is 10.9. The first-order chi connectivity index (χ1) is 19.2. The molecular weight excluding hydrogens is 583 g/mol. The molecule has 1 radical (unpaired) electrons. The van der Waals surface area contributed by atoms with Gasteiger partial charge in [-0.05, 0) is 32.1 Å². The second-order valence-electron chi connectivity index (χ2n) is 10.2. The zero-order valence-electron chi connectivity index (χ0n) is 24.1. The number of unbranched alkanes of at least 4 members (excludes halogenated alkanes) is 11. The summed E-state index contributed by atoms with van der Waals surface area (Å²) in [4.78, 5) is 10.3. The molecule has 0 aromatic heterocycles. The molecule has 0 atom stereocenters. The number of benzene rings is 3. The van der Waals surface area contributed by atoms with E-state index in [-0.39, 0.29) is 0 Å². The Balaban J connectivity index is 0.000000273. The molecule has 3 rings (SSSR count). The number of carboxylic acid groups (broad SMARTS) is 1. The van der Waals surface area contributed by atoms with Crippen LogP contribution in [0.2, 0.25) is 0 Å². The molecule has 3 aromatic carbocycles. The Morgan fingerprint density at radius 1 is 0.564 bits per heavy atom. The molecule has 1 N–H and O–H groups in total. The summed E-state index contributed by atoms with van der Waals surface area (Å²) in [6, 6.07) is 32.9. The predicted octanol–water partition coefficient (Wildman–Crippen LogP) is 8.31. The van der Waals surface area contributed by atoms with E-state index in [1.807, 2.05) is 0 Å². The minimum atomic E-state index is -1.98. The van der Waals surface area contributed by atoms with Crippen LogP contribution in [-0.2, 0) is 4.79 Å². The Morgan fingerprint density at radius 3 is 1.31 bits per heavy atom. The first-order valence-corrected chi connectivity index (χ1v) is 19.4. The standard InChI is InChI=1S/C18H34O2.3C6H5.Sn/c1-2-3-4-5-6-7-8-9-10-11-12-13-14-15-16-17-18(19)20;3*1-2-4-6-5-3-1;/h9-10H,2-8,11-17H2,1H3,(H,19,20);3*1-5H;. The van der Waals surface area contributed by atoms with E-state index in [1.54, 1.807) is 0 Å². The van der Waals surface area contributed by atoms with Gasteiger partial charge in [0.25, 0.3) is 0 Å². The van der Waals surface area contributed by atoms with E-state index in [1.165, 1.54) is 81.4 Å². The van der Waals surface area contributed by atoms with Crippen molar-refractivity contribution in [2.45, 2.75) is 96.8 Å². The molecule has 0 saturated carbocycles. The van der Waals surface area contributed by atoms with E-state index in [0.717, 1.165) is 12.8 Å². The van der Waals surface area contributed by atoms with Gasteiger partial charge in [-0.25, -0.2) is 0 Å². The summed E-state index contributed by atoms with van der Waals surface area (Å²) in [6.45, 7) is 2.26. The van der Waals surface area contributed by atoms with Crippen molar-refractivity contribution in [2.75, 3.05) is 0 Å². The van der Waals surface area contributed by atoms with E-state index in [9.17, 15) is 4.79 Å². The van der Waals surface area contributed by atoms with Gasteiger partial charge >= 0.3 is 127 Å². The molecule has 0 amide bonds. The van der Waals surface area contributed by atoms with E-state index in [4.69, 9.17) is 5.11 Å². The molecule has 0 saturated heterocycles. The molecule has 0 fully saturated rings. The monoisotopic (exact) mass is 633 g/mol. The molecule has 0 spiro atoms. The third-order valence-electron chi connectivity index (χ3n) is 6.84. The summed E-state index contributed by atoms with van der Waals surface area (Å²) < 4.78 is 4.59. The van der Waals surface area contributed by atoms with Gasteiger partial charge in [-0.3, -0.25) is 4.79 Å². The van der Waals surface area contributed by atoms with E-state index in [0.29, 0.717) is 6.42 Å². The maximum atomic E-state index is 10.3. The summed E-state index contributed by atoms with van der Waals surface area (Å²) in [6.07, 6.45) is 21.2. The average Bonchev–Trinajstić information content (AvgIpc) is 2.97. The zero-order chi connectivity index (χ0) is 27.8. The Morgan fingerprint density at radius 2 is 0.923 bits per heavy atom. The molecule has 209 valence electrons. The van der Waals surface area contributed by atoms with Crippen LogP contribution in [0, 0.1) is 0 Å². The SMILES string of the molecule is CCCCCCCCC=CCCCCCCCC(=O)O.c1cc[c]([Sn]([c]2ccccc2)[c]2ccccc2)cc1. The molecular formula is C36H49O2Sn. The van der Waals surface area contributed by atoms with Crippen LogP contribution in [0.15, 0.2) is 103 Å². The number of carbonyl (C=O) groups is 1. The van der Waals surface area contributed by atoms with Crippen molar-refractivity contribution in [3.8, 4) is 0 Å². The van der Waals surface area contributed by atoms with Gasteiger partial charge in [0.1, 0.15) is 0 Å². The quantitative estimate of drug-likeness (QED) is 0.0871. The minimum absolute atomic E-state index is 0.332. The first-order valence-electron chi connectivity index (χ1n) is 15.1. The summed E-state index contributed by atoms with van der Waals surface area (Å²) in [5.74, 6) is -0.664. The van der Waals surface area contributed by atoms with E-state index < -0.39 is 25.7 Å². The van der Waals surface area contributed by atoms with Crippen LogP contribution in [-0.4, -0.2) is 30.8 Å². The molecule has 3 heteroatoms. The summed E-state index contributed by atoms with van der Waals surface area (Å²) in [5, 5.41) is 8.51. The number of aliphatic carboxylic acids is 1. The summed E-state index contributed by atoms with van der Waals surface area (Å²) in [7, 11) is 0. The second-order valence-corrected chi connectivity index (χ2v) is 17.3. The van der Waals surface area contributed by atoms with Crippen molar-refractivity contribution in [3.05, 3.63) is 103 Å². The molecule has 39 heavy (non-hydrogen) atoms. The van der Waals surface area contributed by atoms with Gasteiger partial charge in [0.05, 0.1) is 0 Å². The third kappa shape index (κ3) is 15.7. The number of allylic oxidation sites excluding steroid dienone is 2. The summed E-state index contributed by atoms with van der Waals surface area (Å²) >= 11 is -1.98. The van der Waals surface area contributed by atoms with Crippen LogP contribution in [0.5, 0.6) is 0 Å². The molecule has 3 aromatic rings. The van der Waals surface area contributed by atoms with E-state index in [2.05, 4.69) is 110 Å². The van der Waals surface area contributed by atoms with Crippen LogP contribution in [0.3, 0.4) is 0 Å². The van der Waals surface area contributed by atoms with Crippen LogP contribution in [0.4, 0.5) is 0 Å². The predicted molar refractivity (Wildman–Crippen MR) is 171 cm³/mol. The van der Waals surface area contributed by atoms with Crippen molar-refractivity contribution in [1.29, 1.82) is 0 Å². The van der Waals surface area contributed by atoms with Crippen molar-refractivity contribution in [1.82, 2.24) is 0 Å².